The smallest absolute Gasteiger partial charge is 0.335 e. The molecule has 108 valence electrons. The Kier molecular flexibility index (Phi) is 5.74. The third-order valence-corrected chi connectivity index (χ3v) is 2.34. The van der Waals surface area contributed by atoms with Crippen molar-refractivity contribution in [3.8, 4) is 5.75 Å². The van der Waals surface area contributed by atoms with Crippen LogP contribution >= 0.6 is 0 Å². The van der Waals surface area contributed by atoms with E-state index in [1.165, 1.54) is 25.1 Å². The van der Waals surface area contributed by atoms with Crippen molar-refractivity contribution >= 4 is 11.9 Å². The van der Waals surface area contributed by atoms with E-state index in [9.17, 15) is 9.59 Å². The molecule has 2 N–H and O–H groups in total. The molecule has 0 aliphatic carbocycles. The summed E-state index contributed by atoms with van der Waals surface area (Å²) in [5.41, 5.74) is 0.304. The fourth-order valence-corrected chi connectivity index (χ4v) is 1.28. The van der Waals surface area contributed by atoms with Crippen LogP contribution in [0.2, 0.25) is 0 Å². The molecule has 0 aliphatic heterocycles. The molecule has 0 aliphatic rings. The van der Waals surface area contributed by atoms with E-state index in [1.54, 1.807) is 6.07 Å². The normalized spacial score (nSPS) is 11.5. The Morgan fingerprint density at radius 3 is 2.65 bits per heavy atom. The van der Waals surface area contributed by atoms with E-state index in [2.05, 4.69) is 6.58 Å². The van der Waals surface area contributed by atoms with Crippen molar-refractivity contribution < 1.29 is 29.3 Å². The number of benzene rings is 1. The fraction of sp³-hybridized carbons (Fsp3) is 0.286. The topological polar surface area (TPSA) is 93.1 Å². The second-order valence-electron chi connectivity index (χ2n) is 4.13. The Bertz CT molecular complexity index is 508. The molecular formula is C14H16O6. The van der Waals surface area contributed by atoms with Crippen molar-refractivity contribution in [1.82, 2.24) is 0 Å². The standard InChI is InChI=1S/C14H16O6/c1-9(2)14(18)20-12(7-15)8-19-11-5-3-4-10(6-11)13(16)17/h3-6,12,15H,1,7-8H2,2H3,(H,16,17). The largest absolute Gasteiger partial charge is 0.490 e. The minimum atomic E-state index is -1.07. The van der Waals surface area contributed by atoms with Crippen LogP contribution in [0.5, 0.6) is 5.75 Å². The van der Waals surface area contributed by atoms with E-state index < -0.39 is 24.6 Å². The van der Waals surface area contributed by atoms with Crippen LogP contribution < -0.4 is 4.74 Å². The predicted molar refractivity (Wildman–Crippen MR) is 70.7 cm³/mol. The molecule has 0 fully saturated rings. The SMILES string of the molecule is C=C(C)C(=O)OC(CO)COc1cccc(C(=O)O)c1. The second kappa shape index (κ2) is 7.30. The quantitative estimate of drug-likeness (QED) is 0.576. The minimum absolute atomic E-state index is 0.0847. The number of carboxylic acid groups (broad SMARTS) is 1. The second-order valence-corrected chi connectivity index (χ2v) is 4.13. The molecule has 1 rings (SSSR count). The lowest BCUT2D eigenvalue weighted by molar-refractivity contribution is -0.147. The molecular weight excluding hydrogens is 264 g/mol. The summed E-state index contributed by atoms with van der Waals surface area (Å²) in [4.78, 5) is 22.1. The lowest BCUT2D eigenvalue weighted by Crippen LogP contribution is -2.28. The first-order valence-electron chi connectivity index (χ1n) is 5.87. The number of carbonyl (C=O) groups is 2. The van der Waals surface area contributed by atoms with Gasteiger partial charge in [0.1, 0.15) is 12.4 Å². The number of carboxylic acids is 1. The molecule has 6 nitrogen and oxygen atoms in total. The highest BCUT2D eigenvalue weighted by atomic mass is 16.6. The zero-order valence-electron chi connectivity index (χ0n) is 11.0. The Morgan fingerprint density at radius 2 is 2.10 bits per heavy atom. The van der Waals surface area contributed by atoms with Crippen molar-refractivity contribution in [2.24, 2.45) is 0 Å². The lowest BCUT2D eigenvalue weighted by Gasteiger charge is -2.16. The van der Waals surface area contributed by atoms with E-state index in [-0.39, 0.29) is 17.7 Å². The van der Waals surface area contributed by atoms with Gasteiger partial charge in [-0.3, -0.25) is 0 Å². The Morgan fingerprint density at radius 1 is 1.40 bits per heavy atom. The third kappa shape index (κ3) is 4.74. The van der Waals surface area contributed by atoms with E-state index in [0.29, 0.717) is 5.75 Å². The van der Waals surface area contributed by atoms with Crippen molar-refractivity contribution in [1.29, 1.82) is 0 Å². The van der Waals surface area contributed by atoms with E-state index in [0.717, 1.165) is 0 Å². The van der Waals surface area contributed by atoms with Gasteiger partial charge in [0, 0.05) is 5.57 Å². The number of hydrogen-bond donors (Lipinski definition) is 2. The highest BCUT2D eigenvalue weighted by Crippen LogP contribution is 2.14. The van der Waals surface area contributed by atoms with Crippen molar-refractivity contribution in [3.05, 3.63) is 42.0 Å². The molecule has 1 aromatic carbocycles. The fourth-order valence-electron chi connectivity index (χ4n) is 1.28. The van der Waals surface area contributed by atoms with E-state index in [4.69, 9.17) is 19.7 Å². The zero-order chi connectivity index (χ0) is 15.1. The average Bonchev–Trinajstić information content (AvgIpc) is 2.43. The monoisotopic (exact) mass is 280 g/mol. The summed E-state index contributed by atoms with van der Waals surface area (Å²) in [5, 5.41) is 17.9. The summed E-state index contributed by atoms with van der Waals surface area (Å²) in [6.07, 6.45) is -0.840. The summed E-state index contributed by atoms with van der Waals surface area (Å²) in [6, 6.07) is 5.88. The molecule has 0 saturated heterocycles. The zero-order valence-corrected chi connectivity index (χ0v) is 11.0. The summed E-state index contributed by atoms with van der Waals surface area (Å²) >= 11 is 0. The van der Waals surface area contributed by atoms with Gasteiger partial charge in [-0.1, -0.05) is 12.6 Å². The number of ether oxygens (including phenoxy) is 2. The predicted octanol–water partition coefficient (Wildman–Crippen LogP) is 1.24. The number of aliphatic hydroxyl groups is 1. The van der Waals surface area contributed by atoms with Crippen molar-refractivity contribution in [3.63, 3.8) is 0 Å². The number of esters is 1. The number of aromatic carboxylic acids is 1. The van der Waals surface area contributed by atoms with Crippen LogP contribution in [0.3, 0.4) is 0 Å². The van der Waals surface area contributed by atoms with Gasteiger partial charge in [0.05, 0.1) is 12.2 Å². The van der Waals surface area contributed by atoms with E-state index in [1.807, 2.05) is 0 Å². The number of rotatable bonds is 7. The average molecular weight is 280 g/mol. The van der Waals surface area contributed by atoms with Gasteiger partial charge in [-0.05, 0) is 25.1 Å². The summed E-state index contributed by atoms with van der Waals surface area (Å²) in [5.74, 6) is -1.37. The highest BCUT2D eigenvalue weighted by Gasteiger charge is 2.15. The molecule has 6 heteroatoms. The van der Waals surface area contributed by atoms with Crippen LogP contribution in [0, 0.1) is 0 Å². The molecule has 1 aromatic rings. The van der Waals surface area contributed by atoms with Gasteiger partial charge in [0.2, 0.25) is 0 Å². The molecule has 20 heavy (non-hydrogen) atoms. The first-order chi connectivity index (χ1) is 9.43. The maximum atomic E-state index is 11.3. The van der Waals surface area contributed by atoms with Crippen LogP contribution in [0.25, 0.3) is 0 Å². The molecule has 0 heterocycles. The summed E-state index contributed by atoms with van der Waals surface area (Å²) < 4.78 is 10.2. The van der Waals surface area contributed by atoms with E-state index >= 15 is 0 Å². The Hall–Kier alpha value is -2.34. The number of aliphatic hydroxyl groups excluding tert-OH is 1. The lowest BCUT2D eigenvalue weighted by atomic mass is 10.2. The maximum Gasteiger partial charge on any atom is 0.335 e. The molecule has 1 unspecified atom stereocenters. The Balaban J connectivity index is 2.60. The van der Waals surface area contributed by atoms with Gasteiger partial charge in [0.15, 0.2) is 6.10 Å². The van der Waals surface area contributed by atoms with Gasteiger partial charge in [0.25, 0.3) is 0 Å². The van der Waals surface area contributed by atoms with Gasteiger partial charge in [-0.15, -0.1) is 0 Å². The first kappa shape index (κ1) is 15.7. The summed E-state index contributed by atoms with van der Waals surface area (Å²) in [6.45, 7) is 4.43. The van der Waals surface area contributed by atoms with Crippen LogP contribution in [-0.4, -0.2) is 41.5 Å². The van der Waals surface area contributed by atoms with Crippen LogP contribution in [-0.2, 0) is 9.53 Å². The molecule has 0 radical (unpaired) electrons. The van der Waals surface area contributed by atoms with Gasteiger partial charge in [-0.2, -0.15) is 0 Å². The molecule has 0 bridgehead atoms. The molecule has 0 saturated carbocycles. The Labute approximate surface area is 116 Å². The number of carbonyl (C=O) groups excluding carboxylic acids is 1. The van der Waals surface area contributed by atoms with Gasteiger partial charge in [-0.25, -0.2) is 9.59 Å². The highest BCUT2D eigenvalue weighted by molar-refractivity contribution is 5.88. The molecule has 0 amide bonds. The van der Waals surface area contributed by atoms with Crippen LogP contribution in [0.15, 0.2) is 36.4 Å². The summed E-state index contributed by atoms with van der Waals surface area (Å²) in [7, 11) is 0. The maximum absolute atomic E-state index is 11.3. The van der Waals surface area contributed by atoms with Crippen LogP contribution in [0.1, 0.15) is 17.3 Å². The number of hydrogen-bond acceptors (Lipinski definition) is 5. The van der Waals surface area contributed by atoms with Crippen molar-refractivity contribution in [2.45, 2.75) is 13.0 Å². The third-order valence-electron chi connectivity index (χ3n) is 2.34. The molecule has 1 atom stereocenters. The van der Waals surface area contributed by atoms with Crippen molar-refractivity contribution in [2.75, 3.05) is 13.2 Å². The van der Waals surface area contributed by atoms with Gasteiger partial charge >= 0.3 is 11.9 Å². The minimum Gasteiger partial charge on any atom is -0.490 e. The first-order valence-corrected chi connectivity index (χ1v) is 5.87. The molecule has 0 spiro atoms. The van der Waals surface area contributed by atoms with Gasteiger partial charge < -0.3 is 19.7 Å². The van der Waals surface area contributed by atoms with Crippen LogP contribution in [0.4, 0.5) is 0 Å². The molecule has 0 aromatic heterocycles.